The van der Waals surface area contributed by atoms with Crippen LogP contribution in [0.3, 0.4) is 0 Å². The van der Waals surface area contributed by atoms with E-state index in [1.54, 1.807) is 0 Å². The summed E-state index contributed by atoms with van der Waals surface area (Å²) in [4.78, 5) is 0. The van der Waals surface area contributed by atoms with Gasteiger partial charge < -0.3 is 5.01 Å². The fourth-order valence-electron chi connectivity index (χ4n) is 1.47. The lowest BCUT2D eigenvalue weighted by Gasteiger charge is -2.26. The number of hydrogen-bond donors (Lipinski definition) is 1. The van der Waals surface area contributed by atoms with Gasteiger partial charge in [-0.25, -0.2) is 5.43 Å². The van der Waals surface area contributed by atoms with Crippen LogP contribution < -0.4 is 10.4 Å². The number of hydrogen-bond acceptors (Lipinski definition) is 2. The van der Waals surface area contributed by atoms with Crippen molar-refractivity contribution in [3.05, 3.63) is 35.9 Å². The first-order valence-corrected chi connectivity index (χ1v) is 4.12. The van der Waals surface area contributed by atoms with Crippen LogP contribution in [0, 0.1) is 0 Å². The Labute approximate surface area is 72.5 Å². The van der Waals surface area contributed by atoms with Gasteiger partial charge in [-0.1, -0.05) is 30.4 Å². The van der Waals surface area contributed by atoms with E-state index in [1.165, 1.54) is 11.3 Å². The first-order chi connectivity index (χ1) is 5.92. The molecule has 0 aliphatic carbocycles. The van der Waals surface area contributed by atoms with E-state index in [1.807, 2.05) is 7.05 Å². The quantitative estimate of drug-likeness (QED) is 0.672. The van der Waals surface area contributed by atoms with Crippen molar-refractivity contribution in [1.29, 1.82) is 0 Å². The van der Waals surface area contributed by atoms with Gasteiger partial charge in [0, 0.05) is 7.05 Å². The van der Waals surface area contributed by atoms with Gasteiger partial charge in [-0.05, 0) is 11.6 Å². The van der Waals surface area contributed by atoms with Gasteiger partial charge in [0.05, 0.1) is 12.2 Å². The van der Waals surface area contributed by atoms with Crippen molar-refractivity contribution in [3.63, 3.8) is 0 Å². The van der Waals surface area contributed by atoms with E-state index in [4.69, 9.17) is 0 Å². The molecule has 0 spiro atoms. The molecule has 1 aliphatic heterocycles. The Balaban J connectivity index is 2.45. The topological polar surface area (TPSA) is 15.3 Å². The number of hydrazine groups is 1. The standard InChI is InChI=1S/C10H12N2/c1-11-12-8-4-6-9-5-2-3-7-10(9)12/h2-7,11H,8H2,1H3. The number of nitrogens with one attached hydrogen (secondary N) is 1. The lowest BCUT2D eigenvalue weighted by molar-refractivity contribution is 0.747. The normalized spacial score (nSPS) is 14.6. The van der Waals surface area contributed by atoms with Crippen LogP contribution in [0.25, 0.3) is 6.08 Å². The van der Waals surface area contributed by atoms with E-state index in [9.17, 15) is 0 Å². The molecule has 2 nitrogen and oxygen atoms in total. The minimum absolute atomic E-state index is 0.938. The van der Waals surface area contributed by atoms with Crippen LogP contribution in [0.5, 0.6) is 0 Å². The van der Waals surface area contributed by atoms with Crippen molar-refractivity contribution in [3.8, 4) is 0 Å². The molecule has 0 saturated carbocycles. The van der Waals surface area contributed by atoms with Gasteiger partial charge in [-0.15, -0.1) is 0 Å². The molecule has 0 atom stereocenters. The van der Waals surface area contributed by atoms with E-state index in [-0.39, 0.29) is 0 Å². The largest absolute Gasteiger partial charge is 0.304 e. The molecular weight excluding hydrogens is 148 g/mol. The summed E-state index contributed by atoms with van der Waals surface area (Å²) in [5.74, 6) is 0. The Morgan fingerprint density at radius 2 is 2.17 bits per heavy atom. The summed E-state index contributed by atoms with van der Waals surface area (Å²) in [6.45, 7) is 0.938. The second kappa shape index (κ2) is 2.99. The lowest BCUT2D eigenvalue weighted by atomic mass is 10.1. The van der Waals surface area contributed by atoms with Crippen LogP contribution in [-0.2, 0) is 0 Å². The Morgan fingerprint density at radius 3 is 3.00 bits per heavy atom. The molecule has 0 fully saturated rings. The number of rotatable bonds is 1. The maximum Gasteiger partial charge on any atom is 0.0595 e. The molecule has 12 heavy (non-hydrogen) atoms. The molecule has 0 bridgehead atoms. The smallest absolute Gasteiger partial charge is 0.0595 e. The first kappa shape index (κ1) is 7.37. The van der Waals surface area contributed by atoms with E-state index in [2.05, 4.69) is 46.9 Å². The fourth-order valence-corrected chi connectivity index (χ4v) is 1.47. The highest BCUT2D eigenvalue weighted by molar-refractivity contribution is 5.70. The molecule has 1 aromatic rings. The van der Waals surface area contributed by atoms with Crippen LogP contribution in [0.15, 0.2) is 30.3 Å². The molecular formula is C10H12N2. The predicted molar refractivity (Wildman–Crippen MR) is 51.9 cm³/mol. The fraction of sp³-hybridized carbons (Fsp3) is 0.200. The minimum atomic E-state index is 0.938. The molecule has 0 amide bonds. The maximum absolute atomic E-state index is 3.14. The third-order valence-corrected chi connectivity index (χ3v) is 2.08. The van der Waals surface area contributed by atoms with Gasteiger partial charge >= 0.3 is 0 Å². The molecule has 0 unspecified atom stereocenters. The number of para-hydroxylation sites is 1. The van der Waals surface area contributed by atoms with Crippen LogP contribution in [-0.4, -0.2) is 13.6 Å². The van der Waals surface area contributed by atoms with Gasteiger partial charge in [0.2, 0.25) is 0 Å². The number of nitrogens with zero attached hydrogens (tertiary/aromatic N) is 1. The van der Waals surface area contributed by atoms with Crippen LogP contribution in [0.2, 0.25) is 0 Å². The van der Waals surface area contributed by atoms with Crippen molar-refractivity contribution in [2.45, 2.75) is 0 Å². The number of anilines is 1. The molecule has 0 saturated heterocycles. The number of benzene rings is 1. The highest BCUT2D eigenvalue weighted by Gasteiger charge is 2.09. The van der Waals surface area contributed by atoms with Crippen molar-refractivity contribution in [1.82, 2.24) is 5.43 Å². The molecule has 1 aromatic carbocycles. The number of fused-ring (bicyclic) bond motifs is 1. The molecule has 1 N–H and O–H groups in total. The van der Waals surface area contributed by atoms with Crippen molar-refractivity contribution in [2.75, 3.05) is 18.6 Å². The van der Waals surface area contributed by atoms with Crippen LogP contribution >= 0.6 is 0 Å². The summed E-state index contributed by atoms with van der Waals surface area (Å²) in [5.41, 5.74) is 5.67. The molecule has 0 aromatic heterocycles. The third-order valence-electron chi connectivity index (χ3n) is 2.08. The first-order valence-electron chi connectivity index (χ1n) is 4.12. The molecule has 2 rings (SSSR count). The maximum atomic E-state index is 3.14. The van der Waals surface area contributed by atoms with E-state index < -0.39 is 0 Å². The zero-order chi connectivity index (χ0) is 8.39. The molecule has 62 valence electrons. The zero-order valence-electron chi connectivity index (χ0n) is 7.12. The summed E-state index contributed by atoms with van der Waals surface area (Å²) < 4.78 is 0. The summed E-state index contributed by atoms with van der Waals surface area (Å²) in [6.07, 6.45) is 4.31. The minimum Gasteiger partial charge on any atom is -0.304 e. The van der Waals surface area contributed by atoms with Crippen molar-refractivity contribution >= 4 is 11.8 Å². The highest BCUT2D eigenvalue weighted by Crippen LogP contribution is 2.23. The Hall–Kier alpha value is -1.28. The average Bonchev–Trinajstić information content (AvgIpc) is 2.17. The van der Waals surface area contributed by atoms with Gasteiger partial charge in [0.15, 0.2) is 0 Å². The van der Waals surface area contributed by atoms with Crippen molar-refractivity contribution in [2.24, 2.45) is 0 Å². The van der Waals surface area contributed by atoms with Crippen LogP contribution in [0.1, 0.15) is 5.56 Å². The Bertz CT molecular complexity index is 304. The molecule has 1 aliphatic rings. The summed E-state index contributed by atoms with van der Waals surface area (Å²) in [7, 11) is 1.94. The zero-order valence-corrected chi connectivity index (χ0v) is 7.12. The predicted octanol–water partition coefficient (Wildman–Crippen LogP) is 1.65. The van der Waals surface area contributed by atoms with Gasteiger partial charge in [-0.3, -0.25) is 0 Å². The summed E-state index contributed by atoms with van der Waals surface area (Å²) in [5, 5.41) is 2.12. The van der Waals surface area contributed by atoms with E-state index in [0.29, 0.717) is 0 Å². The van der Waals surface area contributed by atoms with E-state index >= 15 is 0 Å². The molecule has 2 heteroatoms. The molecule has 0 radical (unpaired) electrons. The summed E-state index contributed by atoms with van der Waals surface area (Å²) in [6, 6.07) is 8.36. The third kappa shape index (κ3) is 1.10. The monoisotopic (exact) mass is 160 g/mol. The van der Waals surface area contributed by atoms with E-state index in [0.717, 1.165) is 6.54 Å². The lowest BCUT2D eigenvalue weighted by Crippen LogP contribution is -2.36. The van der Waals surface area contributed by atoms with Crippen molar-refractivity contribution < 1.29 is 0 Å². The van der Waals surface area contributed by atoms with Gasteiger partial charge in [0.1, 0.15) is 0 Å². The van der Waals surface area contributed by atoms with Crippen LogP contribution in [0.4, 0.5) is 5.69 Å². The second-order valence-corrected chi connectivity index (χ2v) is 2.80. The second-order valence-electron chi connectivity index (χ2n) is 2.80. The Morgan fingerprint density at radius 1 is 1.33 bits per heavy atom. The Kier molecular flexibility index (Phi) is 1.84. The molecule has 1 heterocycles. The highest BCUT2D eigenvalue weighted by atomic mass is 15.5. The SMILES string of the molecule is CNN1CC=Cc2ccccc21. The average molecular weight is 160 g/mol. The van der Waals surface area contributed by atoms with Gasteiger partial charge in [-0.2, -0.15) is 0 Å². The van der Waals surface area contributed by atoms with Gasteiger partial charge in [0.25, 0.3) is 0 Å². The summed E-state index contributed by atoms with van der Waals surface area (Å²) >= 11 is 0.